The van der Waals surface area contributed by atoms with E-state index in [0.29, 0.717) is 31.7 Å². The zero-order chi connectivity index (χ0) is 15.9. The predicted molar refractivity (Wildman–Crippen MR) is 81.9 cm³/mol. The van der Waals surface area contributed by atoms with E-state index in [9.17, 15) is 17.2 Å². The number of halogens is 2. The van der Waals surface area contributed by atoms with Gasteiger partial charge in [-0.3, -0.25) is 0 Å². The maximum Gasteiger partial charge on any atom is 0.264 e. The average molecular weight is 329 g/mol. The van der Waals surface area contributed by atoms with Crippen LogP contribution in [0.4, 0.5) is 14.5 Å². The molecule has 1 aliphatic rings. The number of benzene rings is 1. The average Bonchev–Trinajstić information content (AvgIpc) is 2.93. The largest absolute Gasteiger partial charge is 0.368 e. The SMILES string of the molecule is CS(=O)(=O)N1CCN(c2cc(C(F)F)cc3[nH]ccc23)CC1. The number of hydrogen-bond acceptors (Lipinski definition) is 3. The lowest BCUT2D eigenvalue weighted by Gasteiger charge is -2.35. The Morgan fingerprint density at radius 3 is 2.45 bits per heavy atom. The summed E-state index contributed by atoms with van der Waals surface area (Å²) in [4.78, 5) is 4.92. The lowest BCUT2D eigenvalue weighted by Crippen LogP contribution is -2.48. The van der Waals surface area contributed by atoms with Crippen LogP contribution in [-0.2, 0) is 10.0 Å². The molecular weight excluding hydrogens is 312 g/mol. The molecule has 1 fully saturated rings. The van der Waals surface area contributed by atoms with Crippen molar-refractivity contribution >= 4 is 26.6 Å². The molecule has 2 heterocycles. The number of hydrogen-bond donors (Lipinski definition) is 1. The molecule has 1 N–H and O–H groups in total. The zero-order valence-corrected chi connectivity index (χ0v) is 12.9. The van der Waals surface area contributed by atoms with E-state index >= 15 is 0 Å². The van der Waals surface area contributed by atoms with Gasteiger partial charge < -0.3 is 9.88 Å². The number of nitrogens with one attached hydrogen (secondary N) is 1. The van der Waals surface area contributed by atoms with Crippen molar-refractivity contribution in [1.82, 2.24) is 9.29 Å². The first-order chi connectivity index (χ1) is 10.4. The van der Waals surface area contributed by atoms with Crippen molar-refractivity contribution in [3.05, 3.63) is 30.0 Å². The molecule has 0 spiro atoms. The Morgan fingerprint density at radius 2 is 1.86 bits per heavy atom. The molecule has 0 saturated carbocycles. The Morgan fingerprint density at radius 1 is 1.18 bits per heavy atom. The van der Waals surface area contributed by atoms with Crippen LogP contribution in [0.1, 0.15) is 12.0 Å². The molecule has 0 atom stereocenters. The van der Waals surface area contributed by atoms with Crippen molar-refractivity contribution in [2.24, 2.45) is 0 Å². The fourth-order valence-electron chi connectivity index (χ4n) is 2.82. The van der Waals surface area contributed by atoms with Crippen molar-refractivity contribution in [2.45, 2.75) is 6.43 Å². The third-order valence-corrected chi connectivity index (χ3v) is 5.27. The molecule has 1 aromatic heterocycles. The van der Waals surface area contributed by atoms with Gasteiger partial charge in [-0.15, -0.1) is 0 Å². The first kappa shape index (κ1) is 15.2. The van der Waals surface area contributed by atoms with Crippen LogP contribution < -0.4 is 4.90 Å². The molecule has 3 rings (SSSR count). The molecule has 120 valence electrons. The number of piperazine rings is 1. The highest BCUT2D eigenvalue weighted by Crippen LogP contribution is 2.32. The molecule has 1 aliphatic heterocycles. The summed E-state index contributed by atoms with van der Waals surface area (Å²) in [5.41, 5.74) is 1.36. The fraction of sp³-hybridized carbons (Fsp3) is 0.429. The second-order valence-electron chi connectivity index (χ2n) is 5.43. The number of fused-ring (bicyclic) bond motifs is 1. The third-order valence-electron chi connectivity index (χ3n) is 3.97. The molecule has 2 aromatic rings. The molecule has 1 aromatic carbocycles. The van der Waals surface area contributed by atoms with Crippen LogP contribution in [0.3, 0.4) is 0 Å². The number of H-pyrrole nitrogens is 1. The summed E-state index contributed by atoms with van der Waals surface area (Å²) < 4.78 is 50.6. The van der Waals surface area contributed by atoms with E-state index < -0.39 is 16.4 Å². The quantitative estimate of drug-likeness (QED) is 0.939. The Balaban J connectivity index is 1.92. The summed E-state index contributed by atoms with van der Waals surface area (Å²) in [6.45, 7) is 1.70. The van der Waals surface area contributed by atoms with Crippen molar-refractivity contribution in [2.75, 3.05) is 37.3 Å². The Kier molecular flexibility index (Phi) is 3.82. The molecular formula is C14H17F2N3O2S. The fourth-order valence-corrected chi connectivity index (χ4v) is 3.64. The Labute approximate surface area is 127 Å². The summed E-state index contributed by atoms with van der Waals surface area (Å²) in [6.07, 6.45) is 0.365. The van der Waals surface area contributed by atoms with Gasteiger partial charge in [0.2, 0.25) is 10.0 Å². The first-order valence-electron chi connectivity index (χ1n) is 6.95. The lowest BCUT2D eigenvalue weighted by molar-refractivity contribution is 0.151. The van der Waals surface area contributed by atoms with Gasteiger partial charge in [-0.25, -0.2) is 17.2 Å². The van der Waals surface area contributed by atoms with Gasteiger partial charge in [-0.2, -0.15) is 4.31 Å². The first-order valence-corrected chi connectivity index (χ1v) is 8.80. The molecule has 5 nitrogen and oxygen atoms in total. The van der Waals surface area contributed by atoms with Crippen molar-refractivity contribution in [1.29, 1.82) is 0 Å². The standard InChI is InChI=1S/C14H17F2N3O2S/c1-22(20,21)19-6-4-18(5-7-19)13-9-10(14(15)16)8-12-11(13)2-3-17-12/h2-3,8-9,14,17H,4-7H2,1H3. The highest BCUT2D eigenvalue weighted by Gasteiger charge is 2.25. The van der Waals surface area contributed by atoms with Crippen LogP contribution in [0.2, 0.25) is 0 Å². The van der Waals surface area contributed by atoms with Crippen molar-refractivity contribution in [3.63, 3.8) is 0 Å². The van der Waals surface area contributed by atoms with E-state index in [1.165, 1.54) is 22.7 Å². The summed E-state index contributed by atoms with van der Waals surface area (Å²) in [5.74, 6) is 0. The van der Waals surface area contributed by atoms with E-state index in [0.717, 1.165) is 11.1 Å². The highest BCUT2D eigenvalue weighted by molar-refractivity contribution is 7.88. The molecule has 0 bridgehead atoms. The molecule has 1 saturated heterocycles. The van der Waals surface area contributed by atoms with Crippen LogP contribution in [-0.4, -0.2) is 50.1 Å². The second-order valence-corrected chi connectivity index (χ2v) is 7.41. The lowest BCUT2D eigenvalue weighted by atomic mass is 10.1. The smallest absolute Gasteiger partial charge is 0.264 e. The van der Waals surface area contributed by atoms with Gasteiger partial charge in [-0.05, 0) is 18.2 Å². The van der Waals surface area contributed by atoms with E-state index in [1.807, 2.05) is 11.0 Å². The number of alkyl halides is 2. The van der Waals surface area contributed by atoms with Gasteiger partial charge in [0.1, 0.15) is 0 Å². The predicted octanol–water partition coefficient (Wildman–Crippen LogP) is 2.19. The van der Waals surface area contributed by atoms with Gasteiger partial charge >= 0.3 is 0 Å². The molecule has 8 heteroatoms. The molecule has 0 amide bonds. The summed E-state index contributed by atoms with van der Waals surface area (Å²) in [6, 6.07) is 4.80. The van der Waals surface area contributed by atoms with Gasteiger partial charge in [0.25, 0.3) is 6.43 Å². The number of anilines is 1. The van der Waals surface area contributed by atoms with Gasteiger partial charge in [0.05, 0.1) is 6.26 Å². The minimum Gasteiger partial charge on any atom is -0.368 e. The van der Waals surface area contributed by atoms with Gasteiger partial charge in [-0.1, -0.05) is 0 Å². The number of aromatic amines is 1. The molecule has 0 unspecified atom stereocenters. The Bertz CT molecular complexity index is 780. The summed E-state index contributed by atoms with van der Waals surface area (Å²) in [7, 11) is -3.20. The van der Waals surface area contributed by atoms with Crippen LogP contribution >= 0.6 is 0 Å². The van der Waals surface area contributed by atoms with E-state index in [1.54, 1.807) is 6.20 Å². The monoisotopic (exact) mass is 329 g/mol. The third kappa shape index (κ3) is 2.80. The van der Waals surface area contributed by atoms with E-state index in [-0.39, 0.29) is 5.56 Å². The van der Waals surface area contributed by atoms with Crippen LogP contribution in [0, 0.1) is 0 Å². The number of aromatic nitrogens is 1. The molecule has 0 radical (unpaired) electrons. The van der Waals surface area contributed by atoms with Gasteiger partial charge in [0.15, 0.2) is 0 Å². The number of sulfonamides is 1. The summed E-state index contributed by atoms with van der Waals surface area (Å²) in [5, 5.41) is 0.872. The van der Waals surface area contributed by atoms with Crippen molar-refractivity contribution in [3.8, 4) is 0 Å². The minimum absolute atomic E-state index is 0.0320. The second kappa shape index (κ2) is 5.51. The normalized spacial score (nSPS) is 17.5. The minimum atomic E-state index is -3.20. The number of rotatable bonds is 3. The van der Waals surface area contributed by atoms with E-state index in [4.69, 9.17) is 0 Å². The summed E-state index contributed by atoms with van der Waals surface area (Å²) >= 11 is 0. The number of nitrogens with zero attached hydrogens (tertiary/aromatic N) is 2. The zero-order valence-electron chi connectivity index (χ0n) is 12.1. The topological polar surface area (TPSA) is 56.4 Å². The van der Waals surface area contributed by atoms with E-state index in [2.05, 4.69) is 4.98 Å². The van der Waals surface area contributed by atoms with Crippen LogP contribution in [0.5, 0.6) is 0 Å². The van der Waals surface area contributed by atoms with Crippen LogP contribution in [0.15, 0.2) is 24.4 Å². The maximum atomic E-state index is 13.0. The van der Waals surface area contributed by atoms with Crippen molar-refractivity contribution < 1.29 is 17.2 Å². The highest BCUT2D eigenvalue weighted by atomic mass is 32.2. The molecule has 0 aliphatic carbocycles. The molecule has 22 heavy (non-hydrogen) atoms. The Hall–Kier alpha value is -1.67. The van der Waals surface area contributed by atoms with Gasteiger partial charge in [0, 0.05) is 54.5 Å². The van der Waals surface area contributed by atoms with Crippen LogP contribution in [0.25, 0.3) is 10.9 Å². The maximum absolute atomic E-state index is 13.0.